The van der Waals surface area contributed by atoms with Gasteiger partial charge in [0, 0.05) is 25.3 Å². The molecule has 7 nitrogen and oxygen atoms in total. The molecule has 2 aromatic carbocycles. The second-order valence-electron chi connectivity index (χ2n) is 6.28. The van der Waals surface area contributed by atoms with Gasteiger partial charge < -0.3 is 10.2 Å². The van der Waals surface area contributed by atoms with Crippen molar-refractivity contribution in [1.29, 1.82) is 0 Å². The average molecular weight is 350 g/mol. The zero-order valence-corrected chi connectivity index (χ0v) is 15.1. The molecule has 1 N–H and O–H groups in total. The Morgan fingerprint density at radius 1 is 1.12 bits per heavy atom. The van der Waals surface area contributed by atoms with Crippen molar-refractivity contribution in [3.8, 4) is 11.4 Å². The Kier molecular flexibility index (Phi) is 5.26. The first-order valence-electron chi connectivity index (χ1n) is 8.43. The molecule has 1 aromatic heterocycles. The van der Waals surface area contributed by atoms with Crippen LogP contribution in [0.2, 0.25) is 0 Å². The number of benzene rings is 2. The third kappa shape index (κ3) is 4.24. The summed E-state index contributed by atoms with van der Waals surface area (Å²) < 4.78 is 0. The predicted molar refractivity (Wildman–Crippen MR) is 101 cm³/mol. The second-order valence-corrected chi connectivity index (χ2v) is 6.28. The SMILES string of the molecule is C[C@H](NC(=O)Cn1nnc(-c2ccc(N(C)C)cc2)n1)c1ccccc1. The summed E-state index contributed by atoms with van der Waals surface area (Å²) in [5, 5.41) is 15.2. The van der Waals surface area contributed by atoms with Gasteiger partial charge in [-0.15, -0.1) is 10.2 Å². The quantitative estimate of drug-likeness (QED) is 0.738. The summed E-state index contributed by atoms with van der Waals surface area (Å²) in [6.07, 6.45) is 0. The first kappa shape index (κ1) is 17.6. The summed E-state index contributed by atoms with van der Waals surface area (Å²) in [7, 11) is 3.97. The lowest BCUT2D eigenvalue weighted by Crippen LogP contribution is -2.30. The van der Waals surface area contributed by atoms with Crippen LogP contribution < -0.4 is 10.2 Å². The highest BCUT2D eigenvalue weighted by Gasteiger charge is 2.12. The Balaban J connectivity index is 1.62. The molecular weight excluding hydrogens is 328 g/mol. The maximum Gasteiger partial charge on any atom is 0.244 e. The van der Waals surface area contributed by atoms with Crippen molar-refractivity contribution in [3.63, 3.8) is 0 Å². The van der Waals surface area contributed by atoms with E-state index in [1.165, 1.54) is 4.80 Å². The number of hydrogen-bond donors (Lipinski definition) is 1. The molecule has 0 saturated heterocycles. The van der Waals surface area contributed by atoms with Gasteiger partial charge in [0.2, 0.25) is 11.7 Å². The Morgan fingerprint density at radius 2 is 1.81 bits per heavy atom. The van der Waals surface area contributed by atoms with E-state index in [1.807, 2.05) is 80.5 Å². The lowest BCUT2D eigenvalue weighted by molar-refractivity contribution is -0.122. The minimum absolute atomic E-state index is 0.0277. The van der Waals surface area contributed by atoms with E-state index in [0.717, 1.165) is 16.8 Å². The van der Waals surface area contributed by atoms with Crippen molar-refractivity contribution in [2.24, 2.45) is 0 Å². The first-order chi connectivity index (χ1) is 12.5. The van der Waals surface area contributed by atoms with Crippen molar-refractivity contribution in [1.82, 2.24) is 25.5 Å². The number of carbonyl (C=O) groups is 1. The highest BCUT2D eigenvalue weighted by Crippen LogP contribution is 2.18. The van der Waals surface area contributed by atoms with Gasteiger partial charge in [0.15, 0.2) is 0 Å². The smallest absolute Gasteiger partial charge is 0.244 e. The van der Waals surface area contributed by atoms with Crippen LogP contribution in [-0.2, 0) is 11.3 Å². The number of amides is 1. The van der Waals surface area contributed by atoms with Crippen LogP contribution in [0.25, 0.3) is 11.4 Å². The highest BCUT2D eigenvalue weighted by molar-refractivity contribution is 5.76. The highest BCUT2D eigenvalue weighted by atomic mass is 16.2. The second kappa shape index (κ2) is 7.77. The summed E-state index contributed by atoms with van der Waals surface area (Å²) in [6.45, 7) is 1.97. The number of nitrogens with zero attached hydrogens (tertiary/aromatic N) is 5. The number of nitrogens with one attached hydrogen (secondary N) is 1. The van der Waals surface area contributed by atoms with Gasteiger partial charge in [0.1, 0.15) is 6.54 Å². The zero-order valence-electron chi connectivity index (χ0n) is 15.1. The molecule has 0 fully saturated rings. The van der Waals surface area contributed by atoms with Crippen LogP contribution in [0.4, 0.5) is 5.69 Å². The van der Waals surface area contributed by atoms with Crippen LogP contribution in [-0.4, -0.2) is 40.2 Å². The standard InChI is InChI=1S/C19H22N6O/c1-14(15-7-5-4-6-8-15)20-18(26)13-25-22-19(21-23-25)16-9-11-17(12-10-16)24(2)3/h4-12,14H,13H2,1-3H3,(H,20,26)/t14-/m0/s1. The first-order valence-corrected chi connectivity index (χ1v) is 8.43. The van der Waals surface area contributed by atoms with E-state index in [4.69, 9.17) is 0 Å². The van der Waals surface area contributed by atoms with Gasteiger partial charge in [-0.3, -0.25) is 4.79 Å². The number of hydrogen-bond acceptors (Lipinski definition) is 5. The fraction of sp³-hybridized carbons (Fsp3) is 0.263. The topological polar surface area (TPSA) is 75.9 Å². The van der Waals surface area contributed by atoms with E-state index >= 15 is 0 Å². The lowest BCUT2D eigenvalue weighted by Gasteiger charge is -2.13. The predicted octanol–water partition coefficient (Wildman–Crippen LogP) is 2.28. The van der Waals surface area contributed by atoms with E-state index in [0.29, 0.717) is 5.82 Å². The normalized spacial score (nSPS) is 11.8. The third-order valence-corrected chi connectivity index (χ3v) is 4.06. The number of tetrazole rings is 1. The summed E-state index contributed by atoms with van der Waals surface area (Å²) in [4.78, 5) is 15.5. The largest absolute Gasteiger partial charge is 0.378 e. The van der Waals surface area contributed by atoms with E-state index in [9.17, 15) is 4.79 Å². The Labute approximate surface area is 152 Å². The molecule has 1 atom stereocenters. The Hall–Kier alpha value is -3.22. The maximum absolute atomic E-state index is 12.2. The van der Waals surface area contributed by atoms with Crippen molar-refractivity contribution >= 4 is 11.6 Å². The summed E-state index contributed by atoms with van der Waals surface area (Å²) in [5.41, 5.74) is 3.00. The molecule has 26 heavy (non-hydrogen) atoms. The number of anilines is 1. The molecule has 0 radical (unpaired) electrons. The lowest BCUT2D eigenvalue weighted by atomic mass is 10.1. The molecule has 0 unspecified atom stereocenters. The van der Waals surface area contributed by atoms with Gasteiger partial charge in [0.25, 0.3) is 0 Å². The molecule has 0 bridgehead atoms. The van der Waals surface area contributed by atoms with Gasteiger partial charge in [-0.1, -0.05) is 30.3 Å². The Bertz CT molecular complexity index is 857. The third-order valence-electron chi connectivity index (χ3n) is 4.06. The fourth-order valence-corrected chi connectivity index (χ4v) is 2.58. The van der Waals surface area contributed by atoms with E-state index in [-0.39, 0.29) is 18.5 Å². The monoisotopic (exact) mass is 350 g/mol. The van der Waals surface area contributed by atoms with Crippen LogP contribution in [0.5, 0.6) is 0 Å². The molecule has 0 aliphatic rings. The van der Waals surface area contributed by atoms with Crippen LogP contribution in [0.1, 0.15) is 18.5 Å². The molecule has 134 valence electrons. The molecule has 0 saturated carbocycles. The fourth-order valence-electron chi connectivity index (χ4n) is 2.58. The van der Waals surface area contributed by atoms with Crippen LogP contribution in [0.15, 0.2) is 54.6 Å². The summed E-state index contributed by atoms with van der Waals surface area (Å²) in [5.74, 6) is 0.340. The molecule has 1 amide bonds. The number of carbonyl (C=O) groups excluding carboxylic acids is 1. The van der Waals surface area contributed by atoms with E-state index in [2.05, 4.69) is 20.7 Å². The molecule has 0 aliphatic heterocycles. The molecule has 7 heteroatoms. The average Bonchev–Trinajstić information content (AvgIpc) is 3.10. The molecule has 3 rings (SSSR count). The minimum Gasteiger partial charge on any atom is -0.378 e. The van der Waals surface area contributed by atoms with Crippen molar-refractivity contribution < 1.29 is 4.79 Å². The van der Waals surface area contributed by atoms with Crippen molar-refractivity contribution in [2.45, 2.75) is 19.5 Å². The molecule has 0 spiro atoms. The van der Waals surface area contributed by atoms with Crippen LogP contribution >= 0.6 is 0 Å². The van der Waals surface area contributed by atoms with Gasteiger partial charge in [-0.2, -0.15) is 4.80 Å². The van der Waals surface area contributed by atoms with E-state index < -0.39 is 0 Å². The van der Waals surface area contributed by atoms with Crippen molar-refractivity contribution in [2.75, 3.05) is 19.0 Å². The molecule has 0 aliphatic carbocycles. The minimum atomic E-state index is -0.159. The number of aromatic nitrogens is 4. The Morgan fingerprint density at radius 3 is 2.46 bits per heavy atom. The van der Waals surface area contributed by atoms with Crippen LogP contribution in [0, 0.1) is 0 Å². The number of rotatable bonds is 6. The zero-order chi connectivity index (χ0) is 18.5. The molecular formula is C19H22N6O. The summed E-state index contributed by atoms with van der Waals surface area (Å²) >= 11 is 0. The van der Waals surface area contributed by atoms with E-state index in [1.54, 1.807) is 0 Å². The molecule has 1 heterocycles. The summed E-state index contributed by atoms with van der Waals surface area (Å²) in [6, 6.07) is 17.6. The maximum atomic E-state index is 12.2. The van der Waals surface area contributed by atoms with Crippen LogP contribution in [0.3, 0.4) is 0 Å². The molecule has 3 aromatic rings. The van der Waals surface area contributed by atoms with Crippen molar-refractivity contribution in [3.05, 3.63) is 60.2 Å². The van der Waals surface area contributed by atoms with Gasteiger partial charge >= 0.3 is 0 Å². The van der Waals surface area contributed by atoms with Gasteiger partial charge in [-0.25, -0.2) is 0 Å². The van der Waals surface area contributed by atoms with Gasteiger partial charge in [0.05, 0.1) is 6.04 Å². The van der Waals surface area contributed by atoms with Gasteiger partial charge in [-0.05, 0) is 42.0 Å².